The van der Waals surface area contributed by atoms with Gasteiger partial charge in [0.2, 0.25) is 5.91 Å². The molecule has 0 spiro atoms. The molecule has 0 unspecified atom stereocenters. The Morgan fingerprint density at radius 3 is 2.72 bits per heavy atom. The number of carboxylic acids is 1. The van der Waals surface area contributed by atoms with Crippen LogP contribution in [0.4, 0.5) is 0 Å². The number of azide groups is 1. The molecular weight excluding hydrogens is 238 g/mol. The van der Waals surface area contributed by atoms with Gasteiger partial charge in [-0.2, -0.15) is 0 Å². The molecule has 1 amide bonds. The zero-order chi connectivity index (χ0) is 13.8. The van der Waals surface area contributed by atoms with E-state index in [0.717, 1.165) is 0 Å². The fourth-order valence-corrected chi connectivity index (χ4v) is 1.28. The van der Waals surface area contributed by atoms with Crippen molar-refractivity contribution in [2.45, 2.75) is 38.1 Å². The molecule has 0 aromatic carbocycles. The van der Waals surface area contributed by atoms with Gasteiger partial charge < -0.3 is 16.2 Å². The van der Waals surface area contributed by atoms with Crippen LogP contribution in [0.15, 0.2) is 5.11 Å². The molecule has 18 heavy (non-hydrogen) atoms. The summed E-state index contributed by atoms with van der Waals surface area (Å²) in [6.45, 7) is 0.823. The van der Waals surface area contributed by atoms with E-state index in [1.165, 1.54) is 0 Å². The van der Waals surface area contributed by atoms with Gasteiger partial charge in [0.05, 0.1) is 0 Å². The largest absolute Gasteiger partial charge is 0.480 e. The summed E-state index contributed by atoms with van der Waals surface area (Å²) < 4.78 is 0. The Kier molecular flexibility index (Phi) is 9.34. The molecule has 0 saturated heterocycles. The highest BCUT2D eigenvalue weighted by Crippen LogP contribution is 1.98. The third-order valence-corrected chi connectivity index (χ3v) is 2.31. The van der Waals surface area contributed by atoms with Crippen LogP contribution in [0.3, 0.4) is 0 Å². The van der Waals surface area contributed by atoms with Gasteiger partial charge in [-0.1, -0.05) is 5.11 Å². The van der Waals surface area contributed by atoms with E-state index in [2.05, 4.69) is 15.3 Å². The molecule has 0 aliphatic heterocycles. The van der Waals surface area contributed by atoms with Crippen molar-refractivity contribution in [2.24, 2.45) is 10.8 Å². The fourth-order valence-electron chi connectivity index (χ4n) is 1.28. The minimum absolute atomic E-state index is 0.0920. The standard InChI is InChI=1S/C10H19N5O3/c11-8(10(17)18)4-1-2-6-13-9(16)5-3-7-14-15-12/h8H,1-7,11H2,(H,13,16)(H,17,18)/t8-/m0/s1. The predicted octanol–water partition coefficient (Wildman–Crippen LogP) is 0.775. The van der Waals surface area contributed by atoms with E-state index in [0.29, 0.717) is 45.2 Å². The second kappa shape index (κ2) is 10.4. The van der Waals surface area contributed by atoms with Crippen LogP contribution >= 0.6 is 0 Å². The van der Waals surface area contributed by atoms with Gasteiger partial charge in [0.1, 0.15) is 6.04 Å². The van der Waals surface area contributed by atoms with Crippen LogP contribution in [0, 0.1) is 0 Å². The first kappa shape index (κ1) is 16.2. The molecule has 0 rings (SSSR count). The Bertz CT molecular complexity index is 315. The number of amides is 1. The van der Waals surface area contributed by atoms with Crippen LogP contribution in [0.25, 0.3) is 10.4 Å². The molecule has 0 fully saturated rings. The number of nitrogens with one attached hydrogen (secondary N) is 1. The number of rotatable bonds is 10. The van der Waals surface area contributed by atoms with E-state index >= 15 is 0 Å². The Morgan fingerprint density at radius 1 is 1.39 bits per heavy atom. The number of hydrogen-bond acceptors (Lipinski definition) is 4. The Hall–Kier alpha value is -1.79. The van der Waals surface area contributed by atoms with Gasteiger partial charge in [-0.05, 0) is 31.2 Å². The van der Waals surface area contributed by atoms with E-state index in [4.69, 9.17) is 16.4 Å². The molecule has 0 radical (unpaired) electrons. The summed E-state index contributed by atoms with van der Waals surface area (Å²) in [6, 6.07) is -0.829. The summed E-state index contributed by atoms with van der Waals surface area (Å²) in [7, 11) is 0. The molecule has 8 nitrogen and oxygen atoms in total. The molecule has 0 heterocycles. The number of carboxylic acid groups (broad SMARTS) is 1. The number of carbonyl (C=O) groups is 2. The maximum atomic E-state index is 11.2. The highest BCUT2D eigenvalue weighted by molar-refractivity contribution is 5.75. The molecule has 0 aromatic heterocycles. The first-order chi connectivity index (χ1) is 8.57. The van der Waals surface area contributed by atoms with Gasteiger partial charge in [0, 0.05) is 24.4 Å². The first-order valence-corrected chi connectivity index (χ1v) is 5.84. The lowest BCUT2D eigenvalue weighted by Crippen LogP contribution is -2.30. The van der Waals surface area contributed by atoms with Gasteiger partial charge in [0.25, 0.3) is 0 Å². The average molecular weight is 257 g/mol. The molecule has 4 N–H and O–H groups in total. The monoisotopic (exact) mass is 257 g/mol. The molecule has 1 atom stereocenters. The number of hydrogen-bond donors (Lipinski definition) is 3. The van der Waals surface area contributed by atoms with Crippen LogP contribution < -0.4 is 11.1 Å². The smallest absolute Gasteiger partial charge is 0.320 e. The number of carbonyl (C=O) groups excluding carboxylic acids is 1. The van der Waals surface area contributed by atoms with Crippen molar-refractivity contribution in [1.82, 2.24) is 5.32 Å². The first-order valence-electron chi connectivity index (χ1n) is 5.84. The summed E-state index contributed by atoms with van der Waals surface area (Å²) in [5.41, 5.74) is 13.3. The van der Waals surface area contributed by atoms with E-state index in [1.54, 1.807) is 0 Å². The van der Waals surface area contributed by atoms with E-state index in [1.807, 2.05) is 0 Å². The van der Waals surface area contributed by atoms with Crippen molar-refractivity contribution in [3.63, 3.8) is 0 Å². The molecular formula is C10H19N5O3. The molecule has 0 aliphatic carbocycles. The number of nitrogens with two attached hydrogens (primary N) is 1. The molecule has 0 aliphatic rings. The van der Waals surface area contributed by atoms with Gasteiger partial charge >= 0.3 is 5.97 Å². The van der Waals surface area contributed by atoms with Crippen LogP contribution in [0.5, 0.6) is 0 Å². The number of unbranched alkanes of at least 4 members (excludes halogenated alkanes) is 1. The Morgan fingerprint density at radius 2 is 2.11 bits per heavy atom. The quantitative estimate of drug-likeness (QED) is 0.230. The number of nitrogens with zero attached hydrogens (tertiary/aromatic N) is 3. The van der Waals surface area contributed by atoms with Crippen LogP contribution in [-0.2, 0) is 9.59 Å². The van der Waals surface area contributed by atoms with Crippen molar-refractivity contribution in [2.75, 3.05) is 13.1 Å². The second-order valence-electron chi connectivity index (χ2n) is 3.85. The molecule has 8 heteroatoms. The molecule has 0 bridgehead atoms. The second-order valence-corrected chi connectivity index (χ2v) is 3.85. The summed E-state index contributed by atoms with van der Waals surface area (Å²) >= 11 is 0. The zero-order valence-electron chi connectivity index (χ0n) is 10.2. The lowest BCUT2D eigenvalue weighted by atomic mass is 10.1. The van der Waals surface area contributed by atoms with Crippen LogP contribution in [0.1, 0.15) is 32.1 Å². The third kappa shape index (κ3) is 9.44. The highest BCUT2D eigenvalue weighted by Gasteiger charge is 2.09. The maximum Gasteiger partial charge on any atom is 0.320 e. The van der Waals surface area contributed by atoms with Crippen molar-refractivity contribution in [3.8, 4) is 0 Å². The molecule has 0 aromatic rings. The maximum absolute atomic E-state index is 11.2. The molecule has 0 saturated carbocycles. The Labute approximate surface area is 105 Å². The summed E-state index contributed by atoms with van der Waals surface area (Å²) in [5, 5.41) is 14.6. The zero-order valence-corrected chi connectivity index (χ0v) is 10.2. The summed E-state index contributed by atoms with van der Waals surface area (Å²) in [4.78, 5) is 24.2. The molecule has 102 valence electrons. The third-order valence-electron chi connectivity index (χ3n) is 2.31. The lowest BCUT2D eigenvalue weighted by Gasteiger charge is -2.07. The average Bonchev–Trinajstić information content (AvgIpc) is 2.33. The number of aliphatic carboxylic acids is 1. The van der Waals surface area contributed by atoms with Crippen molar-refractivity contribution >= 4 is 11.9 Å². The highest BCUT2D eigenvalue weighted by atomic mass is 16.4. The minimum atomic E-state index is -1.00. The summed E-state index contributed by atoms with van der Waals surface area (Å²) in [5.74, 6) is -1.09. The topological polar surface area (TPSA) is 141 Å². The van der Waals surface area contributed by atoms with E-state index in [9.17, 15) is 9.59 Å². The van der Waals surface area contributed by atoms with Gasteiger partial charge in [0.15, 0.2) is 0 Å². The van der Waals surface area contributed by atoms with Crippen molar-refractivity contribution in [1.29, 1.82) is 0 Å². The van der Waals surface area contributed by atoms with Gasteiger partial charge in [-0.3, -0.25) is 9.59 Å². The summed E-state index contributed by atoms with van der Waals surface area (Å²) in [6.07, 6.45) is 2.62. The SMILES string of the molecule is [N-]=[N+]=NCCCC(=O)NCCCC[C@H](N)C(=O)O. The fraction of sp³-hybridized carbons (Fsp3) is 0.800. The Balaban J connectivity index is 3.40. The lowest BCUT2D eigenvalue weighted by molar-refractivity contribution is -0.138. The van der Waals surface area contributed by atoms with Crippen molar-refractivity contribution < 1.29 is 14.7 Å². The van der Waals surface area contributed by atoms with E-state index < -0.39 is 12.0 Å². The van der Waals surface area contributed by atoms with Crippen LogP contribution in [-0.4, -0.2) is 36.1 Å². The van der Waals surface area contributed by atoms with Gasteiger partial charge in [-0.25, -0.2) is 0 Å². The van der Waals surface area contributed by atoms with Crippen molar-refractivity contribution in [3.05, 3.63) is 10.4 Å². The van der Waals surface area contributed by atoms with Crippen LogP contribution in [0.2, 0.25) is 0 Å². The predicted molar refractivity (Wildman–Crippen MR) is 65.7 cm³/mol. The van der Waals surface area contributed by atoms with E-state index in [-0.39, 0.29) is 5.91 Å². The normalized spacial score (nSPS) is 11.4. The minimum Gasteiger partial charge on any atom is -0.480 e. The van der Waals surface area contributed by atoms with Gasteiger partial charge in [-0.15, -0.1) is 0 Å².